The second-order valence-electron chi connectivity index (χ2n) is 6.53. The van der Waals surface area contributed by atoms with Crippen LogP contribution < -0.4 is 5.32 Å². The summed E-state index contributed by atoms with van der Waals surface area (Å²) in [6, 6.07) is 0. The quantitative estimate of drug-likeness (QED) is 0.869. The molecule has 3 nitrogen and oxygen atoms in total. The van der Waals surface area contributed by atoms with Gasteiger partial charge in [-0.05, 0) is 18.3 Å². The minimum Gasteiger partial charge on any atom is -0.339 e. The van der Waals surface area contributed by atoms with Crippen LogP contribution in [0.2, 0.25) is 0 Å². The molecule has 0 aromatic carbocycles. The van der Waals surface area contributed by atoms with Crippen LogP contribution >= 0.6 is 11.8 Å². The maximum atomic E-state index is 12.8. The summed E-state index contributed by atoms with van der Waals surface area (Å²) in [5.41, 5.74) is -0.0290. The highest BCUT2D eigenvalue weighted by Crippen LogP contribution is 2.37. The van der Waals surface area contributed by atoms with Gasteiger partial charge in [0.2, 0.25) is 5.91 Å². The first-order valence-corrected chi connectivity index (χ1v) is 8.39. The molecule has 112 valence electrons. The maximum Gasteiger partial charge on any atom is 0.236 e. The smallest absolute Gasteiger partial charge is 0.236 e. The van der Waals surface area contributed by atoms with Gasteiger partial charge in [0.15, 0.2) is 0 Å². The predicted molar refractivity (Wildman–Crippen MR) is 86.7 cm³/mol. The van der Waals surface area contributed by atoms with E-state index in [1.54, 1.807) is 11.8 Å². The Kier molecular flexibility index (Phi) is 5.33. The van der Waals surface area contributed by atoms with Crippen LogP contribution in [0.1, 0.15) is 33.6 Å². The average Bonchev–Trinajstić information content (AvgIpc) is 2.45. The topological polar surface area (TPSA) is 32.3 Å². The van der Waals surface area contributed by atoms with Gasteiger partial charge in [-0.25, -0.2) is 0 Å². The zero-order chi connectivity index (χ0) is 14.6. The molecule has 20 heavy (non-hydrogen) atoms. The van der Waals surface area contributed by atoms with Gasteiger partial charge in [-0.2, -0.15) is 0 Å². The van der Waals surface area contributed by atoms with Crippen molar-refractivity contribution < 1.29 is 4.79 Å². The van der Waals surface area contributed by atoms with Crippen LogP contribution in [-0.2, 0) is 4.79 Å². The Balaban J connectivity index is 2.08. The molecular weight excluding hydrogens is 268 g/mol. The third-order valence-corrected chi connectivity index (χ3v) is 5.37. The lowest BCUT2D eigenvalue weighted by Crippen LogP contribution is -2.51. The van der Waals surface area contributed by atoms with Crippen LogP contribution in [0.15, 0.2) is 23.1 Å². The number of carbonyl (C=O) groups is 1. The summed E-state index contributed by atoms with van der Waals surface area (Å²) in [4.78, 5) is 16.1. The Hall–Kier alpha value is -0.740. The highest BCUT2D eigenvalue weighted by atomic mass is 32.2. The van der Waals surface area contributed by atoms with Crippen molar-refractivity contribution in [3.63, 3.8) is 0 Å². The first-order valence-electron chi connectivity index (χ1n) is 7.51. The van der Waals surface area contributed by atoms with Crippen molar-refractivity contribution >= 4 is 17.7 Å². The van der Waals surface area contributed by atoms with Gasteiger partial charge in [-0.15, -0.1) is 11.8 Å². The Morgan fingerprint density at radius 3 is 2.55 bits per heavy atom. The van der Waals surface area contributed by atoms with Crippen LogP contribution in [0.3, 0.4) is 0 Å². The number of nitrogens with one attached hydrogen (secondary N) is 1. The average molecular weight is 294 g/mol. The molecule has 0 saturated carbocycles. The molecule has 1 unspecified atom stereocenters. The van der Waals surface area contributed by atoms with E-state index in [-0.39, 0.29) is 10.7 Å². The van der Waals surface area contributed by atoms with Crippen molar-refractivity contribution in [2.45, 2.75) is 38.9 Å². The highest BCUT2D eigenvalue weighted by molar-refractivity contribution is 8.04. The van der Waals surface area contributed by atoms with Crippen LogP contribution in [0.4, 0.5) is 0 Å². The van der Waals surface area contributed by atoms with E-state index in [9.17, 15) is 4.79 Å². The maximum absolute atomic E-state index is 12.8. The fourth-order valence-electron chi connectivity index (χ4n) is 2.46. The van der Waals surface area contributed by atoms with E-state index in [1.165, 1.54) is 4.91 Å². The zero-order valence-corrected chi connectivity index (χ0v) is 13.6. The predicted octanol–water partition coefficient (Wildman–Crippen LogP) is 2.80. The van der Waals surface area contributed by atoms with Crippen molar-refractivity contribution in [3.8, 4) is 0 Å². The molecule has 2 aliphatic rings. The van der Waals surface area contributed by atoms with Crippen molar-refractivity contribution in [2.24, 2.45) is 5.41 Å². The molecule has 0 radical (unpaired) electrons. The lowest BCUT2D eigenvalue weighted by molar-refractivity contribution is -0.132. The van der Waals surface area contributed by atoms with Gasteiger partial charge in [-0.3, -0.25) is 4.79 Å². The van der Waals surface area contributed by atoms with E-state index in [0.29, 0.717) is 5.91 Å². The van der Waals surface area contributed by atoms with E-state index in [4.69, 9.17) is 0 Å². The third-order valence-electron chi connectivity index (χ3n) is 3.65. The van der Waals surface area contributed by atoms with Crippen LogP contribution in [0.25, 0.3) is 0 Å². The molecule has 0 spiro atoms. The Morgan fingerprint density at radius 1 is 1.30 bits per heavy atom. The molecule has 1 fully saturated rings. The normalized spacial score (nSPS) is 21.6. The van der Waals surface area contributed by atoms with E-state index in [2.05, 4.69) is 44.3 Å². The van der Waals surface area contributed by atoms with Gasteiger partial charge in [0.1, 0.15) is 0 Å². The van der Waals surface area contributed by atoms with Crippen LogP contribution in [-0.4, -0.2) is 42.2 Å². The Morgan fingerprint density at radius 2 is 2.00 bits per heavy atom. The van der Waals surface area contributed by atoms with E-state index in [1.807, 2.05) is 4.90 Å². The number of nitrogens with zero attached hydrogens (tertiary/aromatic N) is 1. The lowest BCUT2D eigenvalue weighted by Gasteiger charge is -2.36. The molecule has 0 aromatic heterocycles. The summed E-state index contributed by atoms with van der Waals surface area (Å²) in [6.07, 6.45) is 8.84. The number of carbonyl (C=O) groups excluding carboxylic acids is 1. The van der Waals surface area contributed by atoms with Crippen LogP contribution in [0.5, 0.6) is 0 Å². The molecular formula is C16H26N2OS. The van der Waals surface area contributed by atoms with Gasteiger partial charge >= 0.3 is 0 Å². The summed E-state index contributed by atoms with van der Waals surface area (Å²) in [5, 5.41) is 3.30. The van der Waals surface area contributed by atoms with E-state index < -0.39 is 0 Å². The van der Waals surface area contributed by atoms with E-state index >= 15 is 0 Å². The molecule has 1 aliphatic carbocycles. The summed E-state index contributed by atoms with van der Waals surface area (Å²) in [7, 11) is 0. The molecule has 0 bridgehead atoms. The highest BCUT2D eigenvalue weighted by Gasteiger charge is 2.35. The molecule has 1 saturated heterocycles. The minimum atomic E-state index is -0.0290. The molecule has 1 atom stereocenters. The van der Waals surface area contributed by atoms with Gasteiger partial charge < -0.3 is 10.2 Å². The molecule has 1 amide bonds. The number of amides is 1. The fraction of sp³-hybridized carbons (Fsp3) is 0.688. The number of hydrogen-bond acceptors (Lipinski definition) is 3. The van der Waals surface area contributed by atoms with Crippen molar-refractivity contribution in [2.75, 3.05) is 26.2 Å². The first-order chi connectivity index (χ1) is 9.48. The number of piperazine rings is 1. The van der Waals surface area contributed by atoms with E-state index in [0.717, 1.165) is 39.0 Å². The first kappa shape index (κ1) is 15.6. The molecule has 2 rings (SSSR count). The van der Waals surface area contributed by atoms with Crippen molar-refractivity contribution in [1.29, 1.82) is 0 Å². The molecule has 1 aliphatic heterocycles. The lowest BCUT2D eigenvalue weighted by atomic mass is 9.90. The summed E-state index contributed by atoms with van der Waals surface area (Å²) in [6.45, 7) is 9.99. The third kappa shape index (κ3) is 4.13. The summed E-state index contributed by atoms with van der Waals surface area (Å²) < 4.78 is 0. The second-order valence-corrected chi connectivity index (χ2v) is 7.70. The van der Waals surface area contributed by atoms with Crippen molar-refractivity contribution in [3.05, 3.63) is 23.1 Å². The zero-order valence-electron chi connectivity index (χ0n) is 12.8. The number of thioether (sulfide) groups is 1. The van der Waals surface area contributed by atoms with Gasteiger partial charge in [0.25, 0.3) is 0 Å². The standard InChI is InChI=1S/C16H26N2OS/c1-16(2,3)14(20-13-7-5-4-6-8-13)15(19)18-11-9-17-10-12-18/h5,7-8,14,17H,4,6,9-12H2,1-3H3. The number of rotatable bonds is 3. The fourth-order valence-corrected chi connectivity index (χ4v) is 3.73. The summed E-state index contributed by atoms with van der Waals surface area (Å²) in [5.74, 6) is 0.295. The number of hydrogen-bond donors (Lipinski definition) is 1. The number of allylic oxidation sites excluding steroid dienone is 3. The second kappa shape index (κ2) is 6.81. The largest absolute Gasteiger partial charge is 0.339 e. The van der Waals surface area contributed by atoms with Crippen LogP contribution in [0, 0.1) is 5.41 Å². The SMILES string of the molecule is CC(C)(C)C(SC1=CCCC=C1)C(=O)N1CCNCC1. The van der Waals surface area contributed by atoms with Gasteiger partial charge in [0, 0.05) is 31.1 Å². The molecule has 4 heteroatoms. The minimum absolute atomic E-state index is 0.00500. The molecule has 1 heterocycles. The molecule has 0 aromatic rings. The van der Waals surface area contributed by atoms with Gasteiger partial charge in [-0.1, -0.05) is 39.0 Å². The Bertz CT molecular complexity index is 403. The monoisotopic (exact) mass is 294 g/mol. The summed E-state index contributed by atoms with van der Waals surface area (Å²) >= 11 is 1.74. The Labute approximate surface area is 126 Å². The molecule has 1 N–H and O–H groups in total. The van der Waals surface area contributed by atoms with Gasteiger partial charge in [0.05, 0.1) is 5.25 Å². The van der Waals surface area contributed by atoms with Crippen molar-refractivity contribution in [1.82, 2.24) is 10.2 Å².